The van der Waals surface area contributed by atoms with Crippen LogP contribution in [0.5, 0.6) is 0 Å². The second kappa shape index (κ2) is 5.10. The van der Waals surface area contributed by atoms with Gasteiger partial charge in [-0.25, -0.2) is 0 Å². The van der Waals surface area contributed by atoms with E-state index in [4.69, 9.17) is 16.0 Å². The number of nitrogens with one attached hydrogen (secondary N) is 1. The fraction of sp³-hybridized carbons (Fsp3) is 0.267. The topological polar surface area (TPSA) is 37.5 Å². The van der Waals surface area contributed by atoms with E-state index in [0.29, 0.717) is 10.9 Å². The highest BCUT2D eigenvalue weighted by Crippen LogP contribution is 2.47. The molecule has 2 aromatic rings. The van der Waals surface area contributed by atoms with E-state index in [1.54, 1.807) is 6.21 Å². The molecule has 1 aromatic heterocycles. The average Bonchev–Trinajstić information content (AvgIpc) is 2.96. The molecule has 1 aliphatic rings. The molecule has 0 spiro atoms. The maximum atomic E-state index is 5.81. The van der Waals surface area contributed by atoms with Crippen molar-refractivity contribution < 1.29 is 4.42 Å². The first-order valence-electron chi connectivity index (χ1n) is 6.37. The van der Waals surface area contributed by atoms with Gasteiger partial charge < -0.3 is 4.42 Å². The molecular weight excluding hydrogens is 260 g/mol. The number of hydrogen-bond donors (Lipinski definition) is 1. The Kier molecular flexibility index (Phi) is 3.30. The molecule has 1 aromatic carbocycles. The highest BCUT2D eigenvalue weighted by Gasteiger charge is 2.36. The summed E-state index contributed by atoms with van der Waals surface area (Å²) >= 11 is 5.81. The Hall–Kier alpha value is -1.74. The zero-order valence-corrected chi connectivity index (χ0v) is 11.4. The zero-order valence-electron chi connectivity index (χ0n) is 10.6. The maximum absolute atomic E-state index is 5.81. The highest BCUT2D eigenvalue weighted by atomic mass is 35.5. The first-order chi connectivity index (χ1) is 9.22. The number of rotatable bonds is 4. The summed E-state index contributed by atoms with van der Waals surface area (Å²) in [5, 5.41) is 4.85. The van der Waals surface area contributed by atoms with Crippen LogP contribution in [-0.2, 0) is 0 Å². The predicted octanol–water partition coefficient (Wildman–Crippen LogP) is 4.50. The highest BCUT2D eigenvalue weighted by molar-refractivity contribution is 6.30. The molecule has 19 heavy (non-hydrogen) atoms. The minimum Gasteiger partial charge on any atom is -0.460 e. The largest absolute Gasteiger partial charge is 0.460 e. The summed E-state index contributed by atoms with van der Waals surface area (Å²) in [6.07, 6.45) is 2.91. The number of furan rings is 1. The van der Waals surface area contributed by atoms with Crippen LogP contribution in [0.1, 0.15) is 30.8 Å². The summed E-state index contributed by atoms with van der Waals surface area (Å²) in [6, 6.07) is 11.4. The van der Waals surface area contributed by atoms with Crippen molar-refractivity contribution in [2.45, 2.75) is 19.3 Å². The van der Waals surface area contributed by atoms with Crippen LogP contribution in [0.15, 0.2) is 45.9 Å². The molecule has 0 bridgehead atoms. The van der Waals surface area contributed by atoms with Crippen LogP contribution in [0.2, 0.25) is 5.02 Å². The zero-order chi connectivity index (χ0) is 13.2. The molecule has 1 fully saturated rings. The SMILES string of the molecule is C[C@H]1C[C@@H]1c1ccc(/C=N\Nc2ccc(Cl)cc2)o1. The van der Waals surface area contributed by atoms with Gasteiger partial charge in [0.1, 0.15) is 11.5 Å². The standard InChI is InChI=1S/C15H15ClN2O/c1-10-8-14(10)15-7-6-13(19-15)9-17-18-12-4-2-11(16)3-5-12/h2-7,9-10,14,18H,8H2,1H3/b17-9-/t10-,14-/m0/s1. The minimum absolute atomic E-state index is 0.603. The number of anilines is 1. The summed E-state index contributed by atoms with van der Waals surface area (Å²) < 4.78 is 5.72. The van der Waals surface area contributed by atoms with Crippen molar-refractivity contribution in [3.8, 4) is 0 Å². The summed E-state index contributed by atoms with van der Waals surface area (Å²) in [4.78, 5) is 0. The van der Waals surface area contributed by atoms with E-state index >= 15 is 0 Å². The summed E-state index contributed by atoms with van der Waals surface area (Å²) in [5.41, 5.74) is 3.83. The number of hydrogen-bond acceptors (Lipinski definition) is 3. The summed E-state index contributed by atoms with van der Waals surface area (Å²) in [6.45, 7) is 2.24. The molecule has 98 valence electrons. The van der Waals surface area contributed by atoms with Crippen LogP contribution in [-0.4, -0.2) is 6.21 Å². The van der Waals surface area contributed by atoms with Crippen molar-refractivity contribution in [3.63, 3.8) is 0 Å². The lowest BCUT2D eigenvalue weighted by Crippen LogP contribution is -1.89. The Labute approximate surface area is 117 Å². The molecule has 4 heteroatoms. The van der Waals surface area contributed by atoms with Crippen molar-refractivity contribution in [2.75, 3.05) is 5.43 Å². The molecule has 3 nitrogen and oxygen atoms in total. The molecule has 1 heterocycles. The third kappa shape index (κ3) is 2.99. The van der Waals surface area contributed by atoms with Gasteiger partial charge in [-0.15, -0.1) is 0 Å². The van der Waals surface area contributed by atoms with E-state index in [1.807, 2.05) is 36.4 Å². The first kappa shape index (κ1) is 12.3. The van der Waals surface area contributed by atoms with E-state index < -0.39 is 0 Å². The van der Waals surface area contributed by atoms with Gasteiger partial charge in [-0.1, -0.05) is 18.5 Å². The Bertz CT molecular complexity index is 588. The van der Waals surface area contributed by atoms with Gasteiger partial charge in [-0.3, -0.25) is 5.43 Å². The molecule has 1 N–H and O–H groups in total. The van der Waals surface area contributed by atoms with Gasteiger partial charge in [0.25, 0.3) is 0 Å². The lowest BCUT2D eigenvalue weighted by atomic mass is 10.3. The Morgan fingerprint density at radius 3 is 2.68 bits per heavy atom. The first-order valence-corrected chi connectivity index (χ1v) is 6.74. The third-order valence-corrected chi connectivity index (χ3v) is 3.60. The van der Waals surface area contributed by atoms with Gasteiger partial charge >= 0.3 is 0 Å². The average molecular weight is 275 g/mol. The van der Waals surface area contributed by atoms with E-state index in [2.05, 4.69) is 17.5 Å². The molecule has 1 aliphatic carbocycles. The smallest absolute Gasteiger partial charge is 0.147 e. The van der Waals surface area contributed by atoms with E-state index in [9.17, 15) is 0 Å². The predicted molar refractivity (Wildman–Crippen MR) is 77.9 cm³/mol. The minimum atomic E-state index is 0.603. The molecule has 0 saturated heterocycles. The van der Waals surface area contributed by atoms with Crippen molar-refractivity contribution in [1.29, 1.82) is 0 Å². The van der Waals surface area contributed by atoms with Crippen molar-refractivity contribution in [3.05, 3.63) is 52.9 Å². The third-order valence-electron chi connectivity index (χ3n) is 3.35. The van der Waals surface area contributed by atoms with Crippen molar-refractivity contribution >= 4 is 23.5 Å². The van der Waals surface area contributed by atoms with Gasteiger partial charge in [-0.2, -0.15) is 5.10 Å². The molecule has 0 unspecified atom stereocenters. The summed E-state index contributed by atoms with van der Waals surface area (Å²) in [7, 11) is 0. The molecule has 2 atom stereocenters. The quantitative estimate of drug-likeness (QED) is 0.658. The number of nitrogens with zero attached hydrogens (tertiary/aromatic N) is 1. The van der Waals surface area contributed by atoms with Crippen LogP contribution in [0.25, 0.3) is 0 Å². The Morgan fingerprint density at radius 1 is 1.26 bits per heavy atom. The lowest BCUT2D eigenvalue weighted by Gasteiger charge is -1.98. The van der Waals surface area contributed by atoms with Crippen LogP contribution < -0.4 is 5.43 Å². The molecular formula is C15H15ClN2O. The molecule has 0 amide bonds. The Morgan fingerprint density at radius 2 is 2.00 bits per heavy atom. The molecule has 3 rings (SSSR count). The van der Waals surface area contributed by atoms with E-state index in [0.717, 1.165) is 23.1 Å². The summed E-state index contributed by atoms with van der Waals surface area (Å²) in [5.74, 6) is 3.20. The van der Waals surface area contributed by atoms with E-state index in [-0.39, 0.29) is 0 Å². The molecule has 1 saturated carbocycles. The van der Waals surface area contributed by atoms with E-state index in [1.165, 1.54) is 6.42 Å². The number of halogens is 1. The fourth-order valence-corrected chi connectivity index (χ4v) is 2.18. The van der Waals surface area contributed by atoms with Crippen LogP contribution in [0, 0.1) is 5.92 Å². The number of benzene rings is 1. The van der Waals surface area contributed by atoms with Crippen LogP contribution in [0.3, 0.4) is 0 Å². The van der Waals surface area contributed by atoms with Gasteiger partial charge in [0, 0.05) is 10.9 Å². The maximum Gasteiger partial charge on any atom is 0.147 e. The van der Waals surface area contributed by atoms with Gasteiger partial charge in [0.2, 0.25) is 0 Å². The van der Waals surface area contributed by atoms with Gasteiger partial charge in [0.05, 0.1) is 11.9 Å². The van der Waals surface area contributed by atoms with Gasteiger partial charge in [-0.05, 0) is 48.7 Å². The van der Waals surface area contributed by atoms with Gasteiger partial charge in [0.15, 0.2) is 0 Å². The Balaban J connectivity index is 1.60. The fourth-order valence-electron chi connectivity index (χ4n) is 2.05. The normalized spacial score (nSPS) is 21.8. The lowest BCUT2D eigenvalue weighted by molar-refractivity contribution is 0.500. The van der Waals surface area contributed by atoms with Crippen molar-refractivity contribution in [2.24, 2.45) is 11.0 Å². The second-order valence-corrected chi connectivity index (χ2v) is 5.37. The molecule has 0 aliphatic heterocycles. The van der Waals surface area contributed by atoms with Crippen LogP contribution >= 0.6 is 11.6 Å². The van der Waals surface area contributed by atoms with Crippen LogP contribution in [0.4, 0.5) is 5.69 Å². The number of hydrazone groups is 1. The van der Waals surface area contributed by atoms with Crippen molar-refractivity contribution in [1.82, 2.24) is 0 Å². The second-order valence-electron chi connectivity index (χ2n) is 4.94. The monoisotopic (exact) mass is 274 g/mol. The molecule has 0 radical (unpaired) electrons.